The Morgan fingerprint density at radius 3 is 2.46 bits per heavy atom. The Balaban J connectivity index is 1.15. The average molecular weight is 564 g/mol. The van der Waals surface area contributed by atoms with E-state index in [9.17, 15) is 23.2 Å². The number of nitrogens with one attached hydrogen (secondary N) is 1. The van der Waals surface area contributed by atoms with E-state index in [2.05, 4.69) is 10.3 Å². The molecule has 216 valence electrons. The number of nitrogens with zero attached hydrogens (tertiary/aromatic N) is 2. The number of fused-ring (bicyclic) bond motifs is 1. The van der Waals surface area contributed by atoms with Crippen LogP contribution in [0, 0.1) is 11.3 Å². The lowest BCUT2D eigenvalue weighted by Crippen LogP contribution is -2.58. The first-order valence-corrected chi connectivity index (χ1v) is 14.5. The Bertz CT molecular complexity index is 1410. The lowest BCUT2D eigenvalue weighted by molar-refractivity contribution is -0.207. The van der Waals surface area contributed by atoms with Crippen molar-refractivity contribution in [1.29, 1.82) is 0 Å². The van der Waals surface area contributed by atoms with Gasteiger partial charge in [0.05, 0.1) is 18.5 Å². The summed E-state index contributed by atoms with van der Waals surface area (Å²) >= 11 is 0. The molecule has 3 aromatic rings. The molecule has 2 aliphatic carbocycles. The van der Waals surface area contributed by atoms with Gasteiger partial charge in [0.1, 0.15) is 5.52 Å². The number of Topliss-reactive ketones (excluding diaryl/α,β-unsaturated/α-hetero) is 1. The zero-order chi connectivity index (χ0) is 28.8. The van der Waals surface area contributed by atoms with Gasteiger partial charge in [0.25, 0.3) is 0 Å². The van der Waals surface area contributed by atoms with Gasteiger partial charge in [-0.25, -0.2) is 13.8 Å². The van der Waals surface area contributed by atoms with Crippen molar-refractivity contribution in [2.75, 3.05) is 6.54 Å². The van der Waals surface area contributed by atoms with Gasteiger partial charge in [-0.3, -0.25) is 14.4 Å². The van der Waals surface area contributed by atoms with Gasteiger partial charge in [-0.1, -0.05) is 49.4 Å². The molecule has 3 fully saturated rings. The van der Waals surface area contributed by atoms with Crippen molar-refractivity contribution in [3.8, 4) is 0 Å². The minimum absolute atomic E-state index is 0.0357. The number of para-hydroxylation sites is 2. The molecule has 9 heteroatoms. The number of carbonyl (C=O) groups is 3. The number of rotatable bonds is 9. The van der Waals surface area contributed by atoms with Gasteiger partial charge in [-0.05, 0) is 48.8 Å². The summed E-state index contributed by atoms with van der Waals surface area (Å²) in [4.78, 5) is 46.7. The lowest BCUT2D eigenvalue weighted by atomic mass is 9.50. The molecule has 2 heterocycles. The van der Waals surface area contributed by atoms with E-state index in [-0.39, 0.29) is 55.2 Å². The van der Waals surface area contributed by atoms with E-state index in [0.717, 1.165) is 18.4 Å². The van der Waals surface area contributed by atoms with Crippen LogP contribution in [0.25, 0.3) is 11.1 Å². The van der Waals surface area contributed by atoms with E-state index < -0.39 is 23.3 Å². The molecular formula is C32H35F2N3O4. The largest absolute Gasteiger partial charge is 0.440 e. The van der Waals surface area contributed by atoms with E-state index in [1.807, 2.05) is 61.5 Å². The zero-order valence-corrected chi connectivity index (χ0v) is 23.2. The normalized spacial score (nSPS) is 22.6. The Kier molecular flexibility index (Phi) is 7.16. The zero-order valence-electron chi connectivity index (χ0n) is 23.2. The molecule has 1 N–H and O–H groups in total. The monoisotopic (exact) mass is 563 g/mol. The van der Waals surface area contributed by atoms with Gasteiger partial charge in [0.15, 0.2) is 17.3 Å². The maximum atomic E-state index is 13.6. The van der Waals surface area contributed by atoms with Crippen LogP contribution in [0.5, 0.6) is 0 Å². The van der Waals surface area contributed by atoms with Crippen LogP contribution in [0.1, 0.15) is 81.7 Å². The van der Waals surface area contributed by atoms with Crippen molar-refractivity contribution >= 4 is 28.7 Å². The van der Waals surface area contributed by atoms with Crippen molar-refractivity contribution < 1.29 is 27.6 Å². The maximum absolute atomic E-state index is 13.6. The van der Waals surface area contributed by atoms with Crippen LogP contribution < -0.4 is 5.32 Å². The number of aromatic nitrogens is 1. The molecule has 7 nitrogen and oxygen atoms in total. The number of ketones is 1. The number of likely N-dealkylation sites (tertiary alicyclic amines) is 1. The van der Waals surface area contributed by atoms with Gasteiger partial charge in [0, 0.05) is 37.6 Å². The first-order chi connectivity index (χ1) is 19.6. The van der Waals surface area contributed by atoms with E-state index in [1.165, 1.54) is 0 Å². The molecule has 1 aliphatic heterocycles. The fourth-order valence-corrected chi connectivity index (χ4v) is 7.05. The van der Waals surface area contributed by atoms with Crippen LogP contribution in [0.2, 0.25) is 0 Å². The summed E-state index contributed by atoms with van der Waals surface area (Å²) in [6, 6.07) is 16.1. The van der Waals surface area contributed by atoms with E-state index in [1.54, 1.807) is 4.90 Å². The summed E-state index contributed by atoms with van der Waals surface area (Å²) in [6.45, 7) is 2.42. The number of alkyl halides is 2. The molecule has 2 amide bonds. The summed E-state index contributed by atoms with van der Waals surface area (Å²) in [6.07, 6.45) is 2.02. The summed E-state index contributed by atoms with van der Waals surface area (Å²) < 4.78 is 32.8. The molecule has 3 atom stereocenters. The predicted octanol–water partition coefficient (Wildman–Crippen LogP) is 5.95. The first-order valence-electron chi connectivity index (χ1n) is 14.5. The third-order valence-corrected chi connectivity index (χ3v) is 9.08. The van der Waals surface area contributed by atoms with Crippen LogP contribution in [0.4, 0.5) is 8.78 Å². The van der Waals surface area contributed by atoms with Crippen LogP contribution >= 0.6 is 0 Å². The van der Waals surface area contributed by atoms with E-state index in [4.69, 9.17) is 4.42 Å². The van der Waals surface area contributed by atoms with Crippen LogP contribution in [0.15, 0.2) is 59.0 Å². The summed E-state index contributed by atoms with van der Waals surface area (Å²) in [5.41, 5.74) is 1.92. The number of hydrogen-bond acceptors (Lipinski definition) is 5. The Hall–Kier alpha value is -3.62. The highest BCUT2D eigenvalue weighted by molar-refractivity contribution is 5.94. The number of halogens is 2. The second-order valence-corrected chi connectivity index (χ2v) is 12.3. The molecule has 41 heavy (non-hydrogen) atoms. The number of oxazole rings is 1. The van der Waals surface area contributed by atoms with Gasteiger partial charge < -0.3 is 14.6 Å². The summed E-state index contributed by atoms with van der Waals surface area (Å²) in [5, 5.41) is 2.84. The molecule has 1 aromatic heterocycles. The van der Waals surface area contributed by atoms with Crippen LogP contribution in [0.3, 0.4) is 0 Å². The third kappa shape index (κ3) is 5.63. The SMILES string of the molecule is C[C@H](CC(=O)[C@H](CC(=O)N1CCC[C@@H]1c1ccccc1)NC(=O)C1CC2(C1)CC(F)(F)C2)c1nc2ccccc2o1. The van der Waals surface area contributed by atoms with Crippen molar-refractivity contribution in [3.63, 3.8) is 0 Å². The van der Waals surface area contributed by atoms with Crippen molar-refractivity contribution in [3.05, 3.63) is 66.1 Å². The molecule has 1 spiro atoms. The molecule has 2 saturated carbocycles. The Morgan fingerprint density at radius 1 is 1.05 bits per heavy atom. The number of carbonyl (C=O) groups excluding carboxylic acids is 3. The highest BCUT2D eigenvalue weighted by Crippen LogP contribution is 2.64. The smallest absolute Gasteiger partial charge is 0.249 e. The minimum Gasteiger partial charge on any atom is -0.440 e. The molecule has 0 bridgehead atoms. The van der Waals surface area contributed by atoms with Gasteiger partial charge in [-0.2, -0.15) is 0 Å². The quantitative estimate of drug-likeness (QED) is 0.347. The van der Waals surface area contributed by atoms with E-state index in [0.29, 0.717) is 36.4 Å². The molecule has 3 aliphatic rings. The molecule has 0 radical (unpaired) electrons. The molecule has 0 unspecified atom stereocenters. The molecular weight excluding hydrogens is 528 g/mol. The second-order valence-electron chi connectivity index (χ2n) is 12.3. The molecule has 2 aromatic carbocycles. The molecule has 1 saturated heterocycles. The maximum Gasteiger partial charge on any atom is 0.249 e. The second kappa shape index (κ2) is 10.7. The fourth-order valence-electron chi connectivity index (χ4n) is 7.05. The van der Waals surface area contributed by atoms with Crippen molar-refractivity contribution in [1.82, 2.24) is 15.2 Å². The summed E-state index contributed by atoms with van der Waals surface area (Å²) in [5.74, 6) is -3.81. The topological polar surface area (TPSA) is 92.5 Å². The van der Waals surface area contributed by atoms with Crippen LogP contribution in [-0.4, -0.2) is 46.0 Å². The van der Waals surface area contributed by atoms with Gasteiger partial charge in [-0.15, -0.1) is 0 Å². The number of amides is 2. The number of benzene rings is 2. The van der Waals surface area contributed by atoms with Crippen LogP contribution in [-0.2, 0) is 14.4 Å². The van der Waals surface area contributed by atoms with E-state index >= 15 is 0 Å². The fraction of sp³-hybridized carbons (Fsp3) is 0.500. The first kappa shape index (κ1) is 27.5. The third-order valence-electron chi connectivity index (χ3n) is 9.08. The number of hydrogen-bond donors (Lipinski definition) is 1. The highest BCUT2D eigenvalue weighted by atomic mass is 19.3. The minimum atomic E-state index is -2.64. The van der Waals surface area contributed by atoms with Crippen molar-refractivity contribution in [2.24, 2.45) is 11.3 Å². The van der Waals surface area contributed by atoms with Crippen molar-refractivity contribution in [2.45, 2.75) is 82.2 Å². The Labute approximate surface area is 237 Å². The lowest BCUT2D eigenvalue weighted by Gasteiger charge is -2.56. The predicted molar refractivity (Wildman–Crippen MR) is 148 cm³/mol. The average Bonchev–Trinajstić information content (AvgIpc) is 3.58. The standard InChI is InChI=1S/C32H35F2N3O4/c1-20(30-36-23-10-5-6-12-27(23)41-30)14-26(38)24(35-29(40)22-16-31(17-22)18-32(33,34)19-31)15-28(39)37-13-7-11-25(37)21-8-3-2-4-9-21/h2-6,8-10,12,20,22,24-25H,7,11,13-19H2,1H3,(H,35,40)/t20-,24+,25-/m1/s1. The Morgan fingerprint density at radius 2 is 1.76 bits per heavy atom. The molecule has 6 rings (SSSR count). The van der Waals surface area contributed by atoms with Gasteiger partial charge >= 0.3 is 0 Å². The summed E-state index contributed by atoms with van der Waals surface area (Å²) in [7, 11) is 0. The highest BCUT2D eigenvalue weighted by Gasteiger charge is 2.63. The van der Waals surface area contributed by atoms with Gasteiger partial charge in [0.2, 0.25) is 17.7 Å².